The summed E-state index contributed by atoms with van der Waals surface area (Å²) in [6.07, 6.45) is 0.0124. The Labute approximate surface area is 133 Å². The predicted molar refractivity (Wildman–Crippen MR) is 85.8 cm³/mol. The van der Waals surface area contributed by atoms with Crippen molar-refractivity contribution < 1.29 is 4.74 Å². The highest BCUT2D eigenvalue weighted by Crippen LogP contribution is 2.25. The van der Waals surface area contributed by atoms with Gasteiger partial charge in [0.25, 0.3) is 0 Å². The Kier molecular flexibility index (Phi) is 5.18. The smallest absolute Gasteiger partial charge is 0.122 e. The van der Waals surface area contributed by atoms with Gasteiger partial charge in [-0.3, -0.25) is 0 Å². The molecule has 1 atom stereocenters. The molecular formula is C15H16ClN3OS. The fraction of sp³-hybridized carbons (Fsp3) is 0.333. The fourth-order valence-corrected chi connectivity index (χ4v) is 2.91. The number of aromatic nitrogens is 1. The van der Waals surface area contributed by atoms with Gasteiger partial charge < -0.3 is 9.64 Å². The molecule has 0 fully saturated rings. The third-order valence-corrected chi connectivity index (χ3v) is 4.55. The predicted octanol–water partition coefficient (Wildman–Crippen LogP) is 4.01. The lowest BCUT2D eigenvalue weighted by Gasteiger charge is -2.18. The van der Waals surface area contributed by atoms with Gasteiger partial charge in [-0.15, -0.1) is 11.3 Å². The fourth-order valence-electron chi connectivity index (χ4n) is 1.85. The van der Waals surface area contributed by atoms with Crippen LogP contribution in [0, 0.1) is 11.3 Å². The molecule has 0 saturated heterocycles. The van der Waals surface area contributed by atoms with E-state index in [4.69, 9.17) is 21.6 Å². The van der Waals surface area contributed by atoms with Crippen molar-refractivity contribution in [2.24, 2.45) is 0 Å². The monoisotopic (exact) mass is 321 g/mol. The lowest BCUT2D eigenvalue weighted by molar-refractivity contribution is 0.119. The van der Waals surface area contributed by atoms with Gasteiger partial charge in [-0.2, -0.15) is 5.26 Å². The maximum atomic E-state index is 8.89. The molecule has 1 heterocycles. The van der Waals surface area contributed by atoms with Crippen LogP contribution < -0.4 is 4.90 Å². The van der Waals surface area contributed by atoms with Crippen molar-refractivity contribution in [2.45, 2.75) is 19.6 Å². The first-order chi connectivity index (χ1) is 10.0. The van der Waals surface area contributed by atoms with Crippen LogP contribution in [0.25, 0.3) is 0 Å². The summed E-state index contributed by atoms with van der Waals surface area (Å²) in [6.45, 7) is 2.65. The minimum Gasteiger partial charge on any atom is -0.375 e. The summed E-state index contributed by atoms with van der Waals surface area (Å²) in [5.41, 5.74) is 2.42. The van der Waals surface area contributed by atoms with Crippen molar-refractivity contribution in [3.05, 3.63) is 44.9 Å². The van der Waals surface area contributed by atoms with E-state index in [0.29, 0.717) is 17.1 Å². The molecule has 110 valence electrons. The molecule has 1 aromatic carbocycles. The van der Waals surface area contributed by atoms with Gasteiger partial charge in [0.05, 0.1) is 22.8 Å². The van der Waals surface area contributed by atoms with Gasteiger partial charge >= 0.3 is 0 Å². The van der Waals surface area contributed by atoms with Crippen LogP contribution in [0.1, 0.15) is 29.3 Å². The molecule has 21 heavy (non-hydrogen) atoms. The molecule has 0 radical (unpaired) electrons. The number of ether oxygens (including phenoxy) is 1. The second-order valence-corrected chi connectivity index (χ2v) is 5.98. The van der Waals surface area contributed by atoms with Crippen molar-refractivity contribution in [1.82, 2.24) is 4.98 Å². The van der Waals surface area contributed by atoms with Crippen molar-refractivity contribution in [2.75, 3.05) is 19.1 Å². The number of rotatable bonds is 5. The van der Waals surface area contributed by atoms with E-state index in [1.165, 1.54) is 0 Å². The molecule has 0 N–H and O–H groups in total. The topological polar surface area (TPSA) is 49.1 Å². The quantitative estimate of drug-likeness (QED) is 0.834. The van der Waals surface area contributed by atoms with E-state index >= 15 is 0 Å². The van der Waals surface area contributed by atoms with E-state index in [-0.39, 0.29) is 6.10 Å². The number of benzene rings is 1. The zero-order chi connectivity index (χ0) is 15.4. The summed E-state index contributed by atoms with van der Waals surface area (Å²) in [5, 5.41) is 12.4. The van der Waals surface area contributed by atoms with Gasteiger partial charge in [0, 0.05) is 25.2 Å². The number of nitriles is 1. The SMILES string of the molecule is COC(C)c1nc(CN(C)c2ccc(C#N)c(Cl)c2)cs1. The lowest BCUT2D eigenvalue weighted by Crippen LogP contribution is -2.16. The molecule has 1 aromatic heterocycles. The first-order valence-corrected chi connectivity index (χ1v) is 7.68. The maximum absolute atomic E-state index is 8.89. The summed E-state index contributed by atoms with van der Waals surface area (Å²) in [4.78, 5) is 6.61. The van der Waals surface area contributed by atoms with E-state index in [9.17, 15) is 0 Å². The number of methoxy groups -OCH3 is 1. The lowest BCUT2D eigenvalue weighted by atomic mass is 10.2. The largest absolute Gasteiger partial charge is 0.375 e. The molecule has 0 bridgehead atoms. The Hall–Kier alpha value is -1.61. The number of halogens is 1. The molecule has 2 rings (SSSR count). The number of nitrogens with zero attached hydrogens (tertiary/aromatic N) is 3. The molecule has 1 unspecified atom stereocenters. The molecule has 0 spiro atoms. The molecule has 4 nitrogen and oxygen atoms in total. The minimum atomic E-state index is 0.0124. The van der Waals surface area contributed by atoms with Crippen LogP contribution in [0.4, 0.5) is 5.69 Å². The van der Waals surface area contributed by atoms with E-state index in [1.807, 2.05) is 30.3 Å². The molecule has 0 amide bonds. The van der Waals surface area contributed by atoms with E-state index in [1.54, 1.807) is 30.6 Å². The Balaban J connectivity index is 2.11. The summed E-state index contributed by atoms with van der Waals surface area (Å²) < 4.78 is 5.27. The maximum Gasteiger partial charge on any atom is 0.122 e. The standard InChI is InChI=1S/C15H16ClN3OS/c1-10(20-3)15-18-12(9-21-15)8-19(2)13-5-4-11(7-17)14(16)6-13/h4-6,9-10H,8H2,1-3H3. The molecular weight excluding hydrogens is 306 g/mol. The Bertz CT molecular complexity index is 665. The van der Waals surface area contributed by atoms with Crippen LogP contribution in [0.2, 0.25) is 5.02 Å². The normalized spacial score (nSPS) is 12.0. The molecule has 0 aliphatic rings. The Morgan fingerprint density at radius 3 is 2.90 bits per heavy atom. The van der Waals surface area contributed by atoms with Crippen LogP contribution >= 0.6 is 22.9 Å². The first-order valence-electron chi connectivity index (χ1n) is 6.43. The molecule has 0 aliphatic carbocycles. The molecule has 0 saturated carbocycles. The third kappa shape index (κ3) is 3.73. The highest BCUT2D eigenvalue weighted by molar-refractivity contribution is 7.09. The number of anilines is 1. The van der Waals surface area contributed by atoms with Crippen molar-refractivity contribution in [3.8, 4) is 6.07 Å². The van der Waals surface area contributed by atoms with Gasteiger partial charge in [0.15, 0.2) is 0 Å². The number of hydrogen-bond donors (Lipinski definition) is 0. The van der Waals surface area contributed by atoms with Gasteiger partial charge in [-0.1, -0.05) is 11.6 Å². The van der Waals surface area contributed by atoms with E-state index in [2.05, 4.69) is 11.1 Å². The van der Waals surface area contributed by atoms with Crippen molar-refractivity contribution >= 4 is 28.6 Å². The van der Waals surface area contributed by atoms with Crippen molar-refractivity contribution in [3.63, 3.8) is 0 Å². The number of thiazole rings is 1. The Morgan fingerprint density at radius 1 is 1.52 bits per heavy atom. The first kappa shape index (κ1) is 15.8. The summed E-state index contributed by atoms with van der Waals surface area (Å²) in [5.74, 6) is 0. The van der Waals surface area contributed by atoms with Crippen molar-refractivity contribution in [1.29, 1.82) is 5.26 Å². The van der Waals surface area contributed by atoms with Gasteiger partial charge in [-0.25, -0.2) is 4.98 Å². The second-order valence-electron chi connectivity index (χ2n) is 4.69. The van der Waals surface area contributed by atoms with E-state index < -0.39 is 0 Å². The number of hydrogen-bond acceptors (Lipinski definition) is 5. The zero-order valence-electron chi connectivity index (χ0n) is 12.1. The summed E-state index contributed by atoms with van der Waals surface area (Å²) in [7, 11) is 3.65. The van der Waals surface area contributed by atoms with Crippen LogP contribution in [-0.4, -0.2) is 19.1 Å². The zero-order valence-corrected chi connectivity index (χ0v) is 13.7. The van der Waals surface area contributed by atoms with Crippen LogP contribution in [0.3, 0.4) is 0 Å². The second kappa shape index (κ2) is 6.90. The summed E-state index contributed by atoms with van der Waals surface area (Å²) in [6, 6.07) is 7.47. The van der Waals surface area contributed by atoms with E-state index in [0.717, 1.165) is 16.4 Å². The van der Waals surface area contributed by atoms with Crippen LogP contribution in [-0.2, 0) is 11.3 Å². The van der Waals surface area contributed by atoms with Gasteiger partial charge in [0.2, 0.25) is 0 Å². The van der Waals surface area contributed by atoms with Crippen LogP contribution in [0.15, 0.2) is 23.6 Å². The van der Waals surface area contributed by atoms with Crippen LogP contribution in [0.5, 0.6) is 0 Å². The molecule has 2 aromatic rings. The third-order valence-electron chi connectivity index (χ3n) is 3.18. The highest BCUT2D eigenvalue weighted by Gasteiger charge is 2.11. The Morgan fingerprint density at radius 2 is 2.29 bits per heavy atom. The van der Waals surface area contributed by atoms with Gasteiger partial charge in [-0.05, 0) is 25.1 Å². The molecule has 0 aliphatic heterocycles. The minimum absolute atomic E-state index is 0.0124. The average Bonchev–Trinajstić information content (AvgIpc) is 2.94. The average molecular weight is 322 g/mol. The van der Waals surface area contributed by atoms with Gasteiger partial charge in [0.1, 0.15) is 17.2 Å². The summed E-state index contributed by atoms with van der Waals surface area (Å²) >= 11 is 7.66. The highest BCUT2D eigenvalue weighted by atomic mass is 35.5. The molecule has 6 heteroatoms.